The number of unbranched alkanes of at least 4 members (excludes halogenated alkanes) is 60. The van der Waals surface area contributed by atoms with Crippen LogP contribution < -0.4 is 10.2 Å². The van der Waals surface area contributed by atoms with Gasteiger partial charge in [0.1, 0.15) is 13.2 Å². The van der Waals surface area contributed by atoms with Crippen LogP contribution in [0.15, 0.2) is 24.3 Å². The Bertz CT molecular complexity index is 1520. The zero-order chi connectivity index (χ0) is 65.5. The first kappa shape index (κ1) is 89.0. The largest absolute Gasteiger partial charge is 0.756 e. The van der Waals surface area contributed by atoms with E-state index in [4.69, 9.17) is 9.05 Å². The first-order valence-corrected chi connectivity index (χ1v) is 42.1. The van der Waals surface area contributed by atoms with Crippen LogP contribution in [0.2, 0.25) is 0 Å². The lowest BCUT2D eigenvalue weighted by Crippen LogP contribution is -2.46. The van der Waals surface area contributed by atoms with Crippen molar-refractivity contribution in [2.75, 3.05) is 40.9 Å². The number of amides is 1. The van der Waals surface area contributed by atoms with Gasteiger partial charge in [-0.1, -0.05) is 411 Å². The zero-order valence-electron chi connectivity index (χ0n) is 61.6. The smallest absolute Gasteiger partial charge is 0.268 e. The lowest BCUT2D eigenvalue weighted by molar-refractivity contribution is -0.870. The molecule has 9 heteroatoms. The van der Waals surface area contributed by atoms with E-state index in [0.717, 1.165) is 44.9 Å². The average molecular weight is 1290 g/mol. The minimum absolute atomic E-state index is 0.0158. The second-order valence-electron chi connectivity index (χ2n) is 29.5. The van der Waals surface area contributed by atoms with Crippen molar-refractivity contribution in [3.8, 4) is 0 Å². The van der Waals surface area contributed by atoms with E-state index in [0.29, 0.717) is 23.9 Å². The van der Waals surface area contributed by atoms with Gasteiger partial charge in [0.05, 0.1) is 39.9 Å². The van der Waals surface area contributed by atoms with Gasteiger partial charge in [-0.2, -0.15) is 0 Å². The number of phosphoric acid groups is 1. The number of carbonyl (C=O) groups is 1. The molecule has 0 aromatic carbocycles. The molecule has 8 nitrogen and oxygen atoms in total. The summed E-state index contributed by atoms with van der Waals surface area (Å²) in [6.07, 6.45) is 96.0. The summed E-state index contributed by atoms with van der Waals surface area (Å²) in [5.74, 6) is -0.153. The first-order chi connectivity index (χ1) is 44.0. The molecule has 90 heavy (non-hydrogen) atoms. The third-order valence-electron chi connectivity index (χ3n) is 19.2. The van der Waals surface area contributed by atoms with Gasteiger partial charge in [0.2, 0.25) is 5.91 Å². The van der Waals surface area contributed by atoms with Crippen LogP contribution in [0, 0.1) is 0 Å². The number of rotatable bonds is 77. The minimum Gasteiger partial charge on any atom is -0.756 e. The van der Waals surface area contributed by atoms with Crippen LogP contribution in [-0.2, 0) is 18.4 Å². The summed E-state index contributed by atoms with van der Waals surface area (Å²) in [6, 6.07) is -0.800. The molecule has 3 atom stereocenters. The SMILES string of the molecule is CCCCCCC/C=C\C/C=C\CCCCCCCCCCCCCCCCCCCCCCCCCCCC(=O)NC(COP(=O)([O-])OCC[N+](C)(C)C)C(O)CCCCCCCCCCCCCCCCCCCCCCCCCCCCCCCCC. The van der Waals surface area contributed by atoms with Gasteiger partial charge in [0.15, 0.2) is 0 Å². The van der Waals surface area contributed by atoms with Gasteiger partial charge in [-0.15, -0.1) is 0 Å². The molecule has 0 heterocycles. The maximum atomic E-state index is 13.1. The predicted octanol–water partition coefficient (Wildman–Crippen LogP) is 25.9. The highest BCUT2D eigenvalue weighted by Gasteiger charge is 2.24. The minimum atomic E-state index is -4.58. The van der Waals surface area contributed by atoms with Crippen molar-refractivity contribution in [3.63, 3.8) is 0 Å². The van der Waals surface area contributed by atoms with Crippen molar-refractivity contribution < 1.29 is 32.9 Å². The van der Waals surface area contributed by atoms with E-state index >= 15 is 0 Å². The van der Waals surface area contributed by atoms with Crippen molar-refractivity contribution >= 4 is 13.7 Å². The fourth-order valence-electron chi connectivity index (χ4n) is 12.9. The number of allylic oxidation sites excluding steroid dienone is 4. The van der Waals surface area contributed by atoms with Crippen LogP contribution in [0.5, 0.6) is 0 Å². The van der Waals surface area contributed by atoms with Crippen LogP contribution >= 0.6 is 7.82 Å². The summed E-state index contributed by atoms with van der Waals surface area (Å²) in [4.78, 5) is 25.8. The monoisotopic (exact) mass is 1290 g/mol. The van der Waals surface area contributed by atoms with E-state index in [2.05, 4.69) is 43.5 Å². The molecular formula is C81H161N2O6P. The number of likely N-dealkylation sites (N-methyl/N-ethyl adjacent to an activating group) is 1. The first-order valence-electron chi connectivity index (χ1n) is 40.7. The second-order valence-corrected chi connectivity index (χ2v) is 30.9. The highest BCUT2D eigenvalue weighted by Crippen LogP contribution is 2.38. The fraction of sp³-hybridized carbons (Fsp3) is 0.938. The molecule has 0 radical (unpaired) electrons. The molecule has 3 unspecified atom stereocenters. The summed E-state index contributed by atoms with van der Waals surface area (Å²) in [5, 5.41) is 14.2. The van der Waals surface area contributed by atoms with Gasteiger partial charge in [-0.25, -0.2) is 0 Å². The van der Waals surface area contributed by atoms with Crippen molar-refractivity contribution in [1.82, 2.24) is 5.32 Å². The molecule has 2 N–H and O–H groups in total. The number of hydrogen-bond donors (Lipinski definition) is 2. The summed E-state index contributed by atoms with van der Waals surface area (Å²) in [6.45, 7) is 4.79. The van der Waals surface area contributed by atoms with E-state index in [-0.39, 0.29) is 19.1 Å². The number of carbonyl (C=O) groups excluding carboxylic acids is 1. The molecule has 0 bridgehead atoms. The molecule has 536 valence electrons. The Morgan fingerprint density at radius 1 is 0.389 bits per heavy atom. The Hall–Kier alpha value is -1.02. The standard InChI is InChI=1S/C81H161N2O6P/c1-6-8-10-12-14-16-18-20-22-24-26-28-30-32-34-36-38-39-40-41-42-43-45-47-49-51-53-55-57-59-61-63-65-67-69-71-73-75-81(85)82-79(78-89-90(86,87)88-77-76-83(3,4)5)80(84)74-72-70-68-66-64-62-60-58-56-54-52-50-48-46-44-37-35-33-31-29-27-25-23-21-19-17-15-13-11-9-7-2/h18,20,24,26,79-80,84H,6-17,19,21-23,25,27-78H2,1-5H3,(H-,82,85,86,87)/b20-18-,26-24-. The molecule has 0 aromatic rings. The topological polar surface area (TPSA) is 108 Å². The fourth-order valence-corrected chi connectivity index (χ4v) is 13.6. The van der Waals surface area contributed by atoms with Crippen LogP contribution in [-0.4, -0.2) is 68.5 Å². The lowest BCUT2D eigenvalue weighted by Gasteiger charge is -2.30. The summed E-state index contributed by atoms with van der Waals surface area (Å²) in [7, 11) is 1.33. The van der Waals surface area contributed by atoms with Gasteiger partial charge in [-0.3, -0.25) is 9.36 Å². The van der Waals surface area contributed by atoms with Crippen LogP contribution in [0.1, 0.15) is 438 Å². The van der Waals surface area contributed by atoms with Gasteiger partial charge in [0, 0.05) is 6.42 Å². The Morgan fingerprint density at radius 3 is 0.922 bits per heavy atom. The van der Waals surface area contributed by atoms with E-state index in [1.807, 2.05) is 21.1 Å². The van der Waals surface area contributed by atoms with Crippen molar-refractivity contribution in [3.05, 3.63) is 24.3 Å². The van der Waals surface area contributed by atoms with E-state index in [1.54, 1.807) is 0 Å². The molecule has 0 saturated heterocycles. The number of nitrogens with zero attached hydrogens (tertiary/aromatic N) is 1. The molecule has 0 aliphatic rings. The van der Waals surface area contributed by atoms with Gasteiger partial charge in [0.25, 0.3) is 7.82 Å². The normalized spacial score (nSPS) is 13.5. The Balaban J connectivity index is 3.89. The predicted molar refractivity (Wildman–Crippen MR) is 395 cm³/mol. The number of hydrogen-bond acceptors (Lipinski definition) is 6. The van der Waals surface area contributed by atoms with Gasteiger partial charge in [-0.05, 0) is 44.9 Å². The summed E-state index contributed by atoms with van der Waals surface area (Å²) < 4.78 is 23.6. The van der Waals surface area contributed by atoms with E-state index in [1.165, 1.54) is 366 Å². The second kappa shape index (κ2) is 72.3. The Morgan fingerprint density at radius 2 is 0.644 bits per heavy atom. The third-order valence-corrected chi connectivity index (χ3v) is 20.2. The number of aliphatic hydroxyl groups is 1. The van der Waals surface area contributed by atoms with Crippen molar-refractivity contribution in [2.45, 2.75) is 450 Å². The summed E-state index contributed by atoms with van der Waals surface area (Å²) in [5.41, 5.74) is 0. The van der Waals surface area contributed by atoms with Crippen LogP contribution in [0.3, 0.4) is 0 Å². The molecule has 0 fully saturated rings. The Kier molecular flexibility index (Phi) is 71.4. The van der Waals surface area contributed by atoms with Crippen LogP contribution in [0.25, 0.3) is 0 Å². The molecule has 0 aromatic heterocycles. The highest BCUT2D eigenvalue weighted by molar-refractivity contribution is 7.45. The lowest BCUT2D eigenvalue weighted by atomic mass is 10.0. The molecular weight excluding hydrogens is 1130 g/mol. The Labute approximate surface area is 564 Å². The maximum absolute atomic E-state index is 13.1. The quantitative estimate of drug-likeness (QED) is 0.0272. The summed E-state index contributed by atoms with van der Waals surface area (Å²) >= 11 is 0. The van der Waals surface area contributed by atoms with Crippen molar-refractivity contribution in [2.24, 2.45) is 0 Å². The van der Waals surface area contributed by atoms with E-state index in [9.17, 15) is 19.4 Å². The molecule has 1 amide bonds. The molecule has 0 saturated carbocycles. The number of quaternary nitrogens is 1. The molecule has 0 aliphatic heterocycles. The third kappa shape index (κ3) is 74.4. The highest BCUT2D eigenvalue weighted by atomic mass is 31.2. The van der Waals surface area contributed by atoms with Crippen LogP contribution in [0.4, 0.5) is 0 Å². The van der Waals surface area contributed by atoms with Gasteiger partial charge < -0.3 is 28.8 Å². The molecule has 0 spiro atoms. The molecule has 0 rings (SSSR count). The number of nitrogens with one attached hydrogen (secondary N) is 1. The average Bonchev–Trinajstić information content (AvgIpc) is 3.18. The van der Waals surface area contributed by atoms with E-state index < -0.39 is 20.0 Å². The number of aliphatic hydroxyl groups excluding tert-OH is 1. The van der Waals surface area contributed by atoms with Gasteiger partial charge >= 0.3 is 0 Å². The van der Waals surface area contributed by atoms with Crippen molar-refractivity contribution in [1.29, 1.82) is 0 Å². The zero-order valence-corrected chi connectivity index (χ0v) is 62.5. The molecule has 0 aliphatic carbocycles. The maximum Gasteiger partial charge on any atom is 0.268 e. The number of phosphoric ester groups is 1.